The number of hydrogen-bond donors (Lipinski definition) is 1. The molecule has 6 nitrogen and oxygen atoms in total. The third-order valence-electron chi connectivity index (χ3n) is 6.50. The molecule has 2 aliphatic rings. The van der Waals surface area contributed by atoms with Crippen molar-refractivity contribution >= 4 is 15.9 Å². The number of aryl methyl sites for hydroxylation is 2. The maximum absolute atomic E-state index is 12.9. The lowest BCUT2D eigenvalue weighted by Crippen LogP contribution is -2.43. The van der Waals surface area contributed by atoms with E-state index in [2.05, 4.69) is 23.5 Å². The molecule has 0 spiro atoms. The molecule has 0 bridgehead atoms. The Labute approximate surface area is 184 Å². The standard InChI is InChI=1S/C24H30N2O4S/c1-17(20-7-6-18-4-3-5-21(18)16-20)25-24(27)19-12-14-26(15-13-19)31(28,29)23-10-8-22(30-2)9-11-23/h6-11,16-17,19H,3-5,12-15H2,1-2H3,(H,25,27)/t17-/m1/s1. The van der Waals surface area contributed by atoms with Gasteiger partial charge in [-0.15, -0.1) is 0 Å². The Bertz CT molecular complexity index is 1040. The lowest BCUT2D eigenvalue weighted by molar-refractivity contribution is -0.126. The van der Waals surface area contributed by atoms with E-state index in [9.17, 15) is 13.2 Å². The minimum Gasteiger partial charge on any atom is -0.497 e. The Balaban J connectivity index is 1.34. The maximum atomic E-state index is 12.9. The van der Waals surface area contributed by atoms with Crippen LogP contribution in [0.1, 0.15) is 48.9 Å². The number of nitrogens with one attached hydrogen (secondary N) is 1. The van der Waals surface area contributed by atoms with Crippen LogP contribution >= 0.6 is 0 Å². The number of carbonyl (C=O) groups is 1. The Morgan fingerprint density at radius 1 is 1.06 bits per heavy atom. The van der Waals surface area contributed by atoms with Crippen LogP contribution in [0.25, 0.3) is 0 Å². The zero-order chi connectivity index (χ0) is 22.0. The molecule has 7 heteroatoms. The van der Waals surface area contributed by atoms with Crippen molar-refractivity contribution in [3.8, 4) is 5.75 Å². The van der Waals surface area contributed by atoms with Gasteiger partial charge in [0.15, 0.2) is 0 Å². The lowest BCUT2D eigenvalue weighted by Gasteiger charge is -2.31. The summed E-state index contributed by atoms with van der Waals surface area (Å²) in [6.07, 6.45) is 4.52. The Morgan fingerprint density at radius 2 is 1.74 bits per heavy atom. The van der Waals surface area contributed by atoms with Crippen LogP contribution in [0.5, 0.6) is 5.75 Å². The number of amides is 1. The molecule has 1 aliphatic heterocycles. The van der Waals surface area contributed by atoms with Gasteiger partial charge in [0.05, 0.1) is 18.0 Å². The molecule has 1 atom stereocenters. The average molecular weight is 443 g/mol. The fourth-order valence-corrected chi connectivity index (χ4v) is 6.00. The predicted octanol–water partition coefficient (Wildman–Crippen LogP) is 3.46. The lowest BCUT2D eigenvalue weighted by atomic mass is 9.96. The van der Waals surface area contributed by atoms with Crippen LogP contribution in [0, 0.1) is 5.92 Å². The van der Waals surface area contributed by atoms with Crippen LogP contribution in [-0.2, 0) is 27.7 Å². The summed E-state index contributed by atoms with van der Waals surface area (Å²) in [4.78, 5) is 13.1. The third-order valence-corrected chi connectivity index (χ3v) is 8.42. The topological polar surface area (TPSA) is 75.7 Å². The zero-order valence-electron chi connectivity index (χ0n) is 18.1. The third kappa shape index (κ3) is 4.62. The van der Waals surface area contributed by atoms with Crippen LogP contribution in [0.3, 0.4) is 0 Å². The van der Waals surface area contributed by atoms with Gasteiger partial charge in [-0.05, 0) is 80.0 Å². The molecule has 1 heterocycles. The van der Waals surface area contributed by atoms with Gasteiger partial charge in [0.2, 0.25) is 15.9 Å². The number of benzene rings is 2. The first-order valence-electron chi connectivity index (χ1n) is 10.9. The van der Waals surface area contributed by atoms with Crippen molar-refractivity contribution in [2.45, 2.75) is 50.0 Å². The molecule has 4 rings (SSSR count). The van der Waals surface area contributed by atoms with Crippen LogP contribution < -0.4 is 10.1 Å². The van der Waals surface area contributed by atoms with Crippen LogP contribution in [-0.4, -0.2) is 38.8 Å². The molecule has 0 saturated carbocycles. The Kier molecular flexibility index (Phi) is 6.34. The summed E-state index contributed by atoms with van der Waals surface area (Å²) in [7, 11) is -2.02. The molecule has 0 aromatic heterocycles. The highest BCUT2D eigenvalue weighted by Crippen LogP contribution is 2.28. The second-order valence-electron chi connectivity index (χ2n) is 8.47. The van der Waals surface area contributed by atoms with E-state index < -0.39 is 10.0 Å². The van der Waals surface area contributed by atoms with Crippen LogP contribution in [0.15, 0.2) is 47.4 Å². The van der Waals surface area contributed by atoms with E-state index >= 15 is 0 Å². The van der Waals surface area contributed by atoms with Crippen molar-refractivity contribution in [2.24, 2.45) is 5.92 Å². The molecule has 1 N–H and O–H groups in total. The van der Waals surface area contributed by atoms with E-state index in [4.69, 9.17) is 4.74 Å². The van der Waals surface area contributed by atoms with Gasteiger partial charge in [0.1, 0.15) is 5.75 Å². The number of fused-ring (bicyclic) bond motifs is 1. The second-order valence-corrected chi connectivity index (χ2v) is 10.4. The average Bonchev–Trinajstić information content (AvgIpc) is 3.27. The summed E-state index contributed by atoms with van der Waals surface area (Å²) in [6, 6.07) is 12.9. The van der Waals surface area contributed by atoms with Crippen LogP contribution in [0.4, 0.5) is 0 Å². The van der Waals surface area contributed by atoms with E-state index in [1.807, 2.05) is 6.92 Å². The van der Waals surface area contributed by atoms with E-state index in [1.54, 1.807) is 31.4 Å². The maximum Gasteiger partial charge on any atom is 0.243 e. The van der Waals surface area contributed by atoms with Crippen molar-refractivity contribution in [1.82, 2.24) is 9.62 Å². The molecular weight excluding hydrogens is 412 g/mol. The molecule has 2 aromatic rings. The normalized spacial score (nSPS) is 18.4. The number of piperidine rings is 1. The minimum absolute atomic E-state index is 0.00879. The Hall–Kier alpha value is -2.38. The van der Waals surface area contributed by atoms with Gasteiger partial charge in [-0.3, -0.25) is 4.79 Å². The number of rotatable bonds is 6. The van der Waals surface area contributed by atoms with Gasteiger partial charge in [-0.25, -0.2) is 8.42 Å². The molecule has 0 unspecified atom stereocenters. The molecule has 1 fully saturated rings. The fraction of sp³-hybridized carbons (Fsp3) is 0.458. The quantitative estimate of drug-likeness (QED) is 0.743. The van der Waals surface area contributed by atoms with Gasteiger partial charge >= 0.3 is 0 Å². The fourth-order valence-electron chi connectivity index (χ4n) is 4.53. The first-order valence-corrected chi connectivity index (χ1v) is 12.4. The van der Waals surface area contributed by atoms with Gasteiger partial charge in [-0.2, -0.15) is 4.31 Å². The summed E-state index contributed by atoms with van der Waals surface area (Å²) in [6.45, 7) is 2.71. The van der Waals surface area contributed by atoms with Crippen molar-refractivity contribution < 1.29 is 17.9 Å². The number of nitrogens with zero attached hydrogens (tertiary/aromatic N) is 1. The summed E-state index contributed by atoms with van der Waals surface area (Å²) in [5.41, 5.74) is 3.96. The summed E-state index contributed by atoms with van der Waals surface area (Å²) in [5.74, 6) is 0.459. The van der Waals surface area contributed by atoms with Gasteiger partial charge in [0, 0.05) is 19.0 Å². The van der Waals surface area contributed by atoms with Gasteiger partial charge in [0.25, 0.3) is 0 Å². The number of carbonyl (C=O) groups excluding carboxylic acids is 1. The van der Waals surface area contributed by atoms with Crippen LogP contribution in [0.2, 0.25) is 0 Å². The van der Waals surface area contributed by atoms with E-state index in [0.29, 0.717) is 31.7 Å². The first kappa shape index (κ1) is 21.8. The molecule has 166 valence electrons. The zero-order valence-corrected chi connectivity index (χ0v) is 19.0. The summed E-state index contributed by atoms with van der Waals surface area (Å²) >= 11 is 0. The molecule has 0 radical (unpaired) electrons. The smallest absolute Gasteiger partial charge is 0.243 e. The van der Waals surface area contributed by atoms with Crippen molar-refractivity contribution in [1.29, 1.82) is 0 Å². The molecule has 1 saturated heterocycles. The van der Waals surface area contributed by atoms with Crippen molar-refractivity contribution in [3.05, 3.63) is 59.2 Å². The first-order chi connectivity index (χ1) is 14.9. The summed E-state index contributed by atoms with van der Waals surface area (Å²) < 4.78 is 32.4. The molecule has 2 aromatic carbocycles. The minimum atomic E-state index is -3.56. The highest BCUT2D eigenvalue weighted by molar-refractivity contribution is 7.89. The number of ether oxygens (including phenoxy) is 1. The van der Waals surface area contributed by atoms with Crippen molar-refractivity contribution in [2.75, 3.05) is 20.2 Å². The van der Waals surface area contributed by atoms with Gasteiger partial charge < -0.3 is 10.1 Å². The van der Waals surface area contributed by atoms with Gasteiger partial charge in [-0.1, -0.05) is 18.2 Å². The Morgan fingerprint density at radius 3 is 2.42 bits per heavy atom. The van der Waals surface area contributed by atoms with E-state index in [0.717, 1.165) is 18.4 Å². The summed E-state index contributed by atoms with van der Waals surface area (Å²) in [5, 5.41) is 3.13. The molecule has 1 amide bonds. The molecule has 31 heavy (non-hydrogen) atoms. The monoisotopic (exact) mass is 442 g/mol. The highest BCUT2D eigenvalue weighted by Gasteiger charge is 2.32. The SMILES string of the molecule is COc1ccc(S(=O)(=O)N2CCC(C(=O)N[C@H](C)c3ccc4c(c3)CCC4)CC2)cc1. The molecular formula is C24H30N2O4S. The predicted molar refractivity (Wildman–Crippen MR) is 120 cm³/mol. The second kappa shape index (κ2) is 9.01. The van der Waals surface area contributed by atoms with E-state index in [-0.39, 0.29) is 22.8 Å². The highest BCUT2D eigenvalue weighted by atomic mass is 32.2. The number of methoxy groups -OCH3 is 1. The molecule has 1 aliphatic carbocycles. The number of sulfonamides is 1. The van der Waals surface area contributed by atoms with Crippen molar-refractivity contribution in [3.63, 3.8) is 0 Å². The number of hydrogen-bond acceptors (Lipinski definition) is 4. The van der Waals surface area contributed by atoms with E-state index in [1.165, 1.54) is 21.9 Å². The largest absolute Gasteiger partial charge is 0.497 e.